The zero-order chi connectivity index (χ0) is 27.4. The quantitative estimate of drug-likeness (QED) is 0.792. The third-order valence-electron chi connectivity index (χ3n) is 3.76. The van der Waals surface area contributed by atoms with Gasteiger partial charge in [0.25, 0.3) is 0 Å². The summed E-state index contributed by atoms with van der Waals surface area (Å²) in [4.78, 5) is 6.04. The van der Waals surface area contributed by atoms with Gasteiger partial charge >= 0.3 is 0 Å². The first-order valence-electron chi connectivity index (χ1n) is 13.3. The molecule has 27 heavy (non-hydrogen) atoms. The SMILES string of the molecule is [2H]C([2H])(COCCO)N1C([2H])([2H])C([2H])([2H])N(C2=Nc3ccccc3Sc3ccccc32)C([2H])([2H])C1([2H])[2H]. The molecule has 0 unspecified atom stereocenters. The summed E-state index contributed by atoms with van der Waals surface area (Å²) in [6, 6.07) is 13.5. The largest absolute Gasteiger partial charge is 0.394 e. The number of hydrogen-bond donors (Lipinski definition) is 1. The second-order valence-electron chi connectivity index (χ2n) is 5.55. The van der Waals surface area contributed by atoms with Crippen molar-refractivity contribution in [2.75, 3.05) is 52.3 Å². The summed E-state index contributed by atoms with van der Waals surface area (Å²) >= 11 is 1.31. The highest BCUT2D eigenvalue weighted by Crippen LogP contribution is 2.40. The Balaban J connectivity index is 1.95. The van der Waals surface area contributed by atoms with E-state index in [1.54, 1.807) is 48.5 Å². The van der Waals surface area contributed by atoms with Crippen molar-refractivity contribution in [1.82, 2.24) is 9.80 Å². The summed E-state index contributed by atoms with van der Waals surface area (Å²) in [7, 11) is 0. The van der Waals surface area contributed by atoms with Crippen molar-refractivity contribution >= 4 is 23.3 Å². The van der Waals surface area contributed by atoms with Gasteiger partial charge < -0.3 is 14.7 Å². The number of hydrogen-bond acceptors (Lipinski definition) is 6. The zero-order valence-corrected chi connectivity index (χ0v) is 15.2. The molecule has 2 aromatic carbocycles. The molecule has 1 fully saturated rings. The van der Waals surface area contributed by atoms with Crippen LogP contribution in [-0.4, -0.2) is 73.0 Å². The number of benzene rings is 2. The van der Waals surface area contributed by atoms with Crippen LogP contribution in [0.5, 0.6) is 0 Å². The lowest BCUT2D eigenvalue weighted by molar-refractivity contribution is 0.0652. The standard InChI is InChI=1S/C21H25N3O2S/c25-14-16-26-15-13-23-9-11-24(12-10-23)21-17-5-1-3-7-19(17)27-20-8-4-2-6-18(20)22-21/h1-8,25H,9-16H2/i9D2,10D2,11D2,12D2,13D2. The number of amidine groups is 1. The van der Waals surface area contributed by atoms with Gasteiger partial charge in [0.1, 0.15) is 5.84 Å². The van der Waals surface area contributed by atoms with E-state index in [2.05, 4.69) is 4.99 Å². The lowest BCUT2D eigenvalue weighted by Gasteiger charge is -2.36. The lowest BCUT2D eigenvalue weighted by atomic mass is 10.1. The lowest BCUT2D eigenvalue weighted by Crippen LogP contribution is -2.49. The average molecular weight is 394 g/mol. The molecular formula is C21H25N3O2S. The molecule has 0 aromatic heterocycles. The summed E-state index contributed by atoms with van der Waals surface area (Å²) in [5.41, 5.74) is 0.632. The third kappa shape index (κ3) is 4.35. The number of piperazine rings is 1. The fourth-order valence-electron chi connectivity index (χ4n) is 2.53. The molecule has 4 rings (SSSR count). The molecule has 1 N–H and O–H groups in total. The van der Waals surface area contributed by atoms with Crippen molar-refractivity contribution in [3.8, 4) is 0 Å². The molecule has 0 aliphatic carbocycles. The van der Waals surface area contributed by atoms with Gasteiger partial charge in [-0.25, -0.2) is 4.99 Å². The fourth-order valence-corrected chi connectivity index (χ4v) is 3.54. The fraction of sp³-hybridized carbons (Fsp3) is 0.381. The van der Waals surface area contributed by atoms with E-state index in [0.717, 1.165) is 0 Å². The molecule has 0 saturated carbocycles. The van der Waals surface area contributed by atoms with E-state index in [4.69, 9.17) is 23.6 Å². The average Bonchev–Trinajstić information content (AvgIpc) is 2.94. The molecule has 0 atom stereocenters. The number of aliphatic imine (C=N–C) groups is 1. The van der Waals surface area contributed by atoms with Crippen LogP contribution in [0.15, 0.2) is 63.3 Å². The van der Waals surface area contributed by atoms with E-state index in [9.17, 15) is 0 Å². The summed E-state index contributed by atoms with van der Waals surface area (Å²) in [6.45, 7) is -18.2. The predicted octanol–water partition coefficient (Wildman–Crippen LogP) is 2.86. The molecule has 2 heterocycles. The van der Waals surface area contributed by atoms with Crippen LogP contribution >= 0.6 is 11.8 Å². The van der Waals surface area contributed by atoms with E-state index in [1.165, 1.54) is 11.8 Å². The smallest absolute Gasteiger partial charge is 0.137 e. The molecule has 1 saturated heterocycles. The van der Waals surface area contributed by atoms with Crippen LogP contribution in [0.4, 0.5) is 5.69 Å². The molecule has 2 aliphatic heterocycles. The highest BCUT2D eigenvalue weighted by molar-refractivity contribution is 7.99. The van der Waals surface area contributed by atoms with Crippen LogP contribution in [0, 0.1) is 0 Å². The van der Waals surface area contributed by atoms with Gasteiger partial charge in [-0.1, -0.05) is 42.1 Å². The monoisotopic (exact) mass is 393 g/mol. The van der Waals surface area contributed by atoms with E-state index < -0.39 is 45.7 Å². The van der Waals surface area contributed by atoms with Crippen molar-refractivity contribution < 1.29 is 23.6 Å². The zero-order valence-electron chi connectivity index (χ0n) is 24.3. The van der Waals surface area contributed by atoms with Crippen LogP contribution in [-0.2, 0) is 4.74 Å². The summed E-state index contributed by atoms with van der Waals surface area (Å²) in [5.74, 6) is -0.326. The Bertz CT molecular complexity index is 1180. The molecule has 2 aliphatic rings. The maximum absolute atomic E-state index is 8.95. The third-order valence-corrected chi connectivity index (χ3v) is 4.90. The number of rotatable bonds is 5. The van der Waals surface area contributed by atoms with Crippen LogP contribution < -0.4 is 0 Å². The number of aliphatic hydroxyl groups is 1. The maximum atomic E-state index is 8.95. The van der Waals surface area contributed by atoms with E-state index in [-0.39, 0.29) is 22.9 Å². The van der Waals surface area contributed by atoms with Crippen molar-refractivity contribution in [2.45, 2.75) is 9.79 Å². The Morgan fingerprint density at radius 2 is 1.78 bits per heavy atom. The first kappa shape index (κ1) is 10.1. The first-order chi connectivity index (χ1) is 17.1. The van der Waals surface area contributed by atoms with E-state index >= 15 is 0 Å². The molecule has 2 aromatic rings. The minimum Gasteiger partial charge on any atom is -0.394 e. The Morgan fingerprint density at radius 1 is 1.04 bits per heavy atom. The second kappa shape index (κ2) is 8.89. The molecule has 6 heteroatoms. The number of nitrogens with zero attached hydrogens (tertiary/aromatic N) is 3. The first-order valence-corrected chi connectivity index (χ1v) is 9.17. The summed E-state index contributed by atoms with van der Waals surface area (Å²) in [5, 5.41) is 8.95. The molecule has 0 amide bonds. The van der Waals surface area contributed by atoms with Crippen LogP contribution in [0.2, 0.25) is 0 Å². The van der Waals surface area contributed by atoms with Gasteiger partial charge in [0.15, 0.2) is 0 Å². The Hall–Kier alpha value is -1.86. The molecule has 5 nitrogen and oxygen atoms in total. The normalized spacial score (nSPS) is 30.6. The second-order valence-corrected chi connectivity index (χ2v) is 6.64. The van der Waals surface area contributed by atoms with Crippen molar-refractivity contribution in [1.29, 1.82) is 0 Å². The highest BCUT2D eigenvalue weighted by atomic mass is 32.2. The maximum Gasteiger partial charge on any atom is 0.137 e. The van der Waals surface area contributed by atoms with Crippen LogP contribution in [0.25, 0.3) is 0 Å². The molecule has 0 radical (unpaired) electrons. The number of fused-ring (bicyclic) bond motifs is 2. The van der Waals surface area contributed by atoms with Gasteiger partial charge in [-0.3, -0.25) is 4.90 Å². The van der Waals surface area contributed by atoms with Gasteiger partial charge in [-0.2, -0.15) is 0 Å². The molecule has 0 bridgehead atoms. The number of ether oxygens (including phenoxy) is 1. The molecular weight excluding hydrogens is 358 g/mol. The number of para-hydroxylation sites is 1. The van der Waals surface area contributed by atoms with Crippen LogP contribution in [0.3, 0.4) is 0 Å². The molecule has 142 valence electrons. The summed E-state index contributed by atoms with van der Waals surface area (Å²) in [6.07, 6.45) is 0. The molecule has 0 spiro atoms. The summed E-state index contributed by atoms with van der Waals surface area (Å²) < 4.78 is 91.5. The minimum atomic E-state index is -3.43. The van der Waals surface area contributed by atoms with Gasteiger partial charge in [-0.15, -0.1) is 0 Å². The van der Waals surface area contributed by atoms with Gasteiger partial charge in [0, 0.05) is 56.1 Å². The van der Waals surface area contributed by atoms with Crippen molar-refractivity contribution in [2.24, 2.45) is 4.99 Å². The van der Waals surface area contributed by atoms with E-state index in [0.29, 0.717) is 20.4 Å². The number of aliphatic hydroxyl groups excluding tert-OH is 1. The van der Waals surface area contributed by atoms with E-state index in [1.807, 2.05) is 0 Å². The minimum absolute atomic E-state index is 0.0905. The van der Waals surface area contributed by atoms with Gasteiger partial charge in [0.2, 0.25) is 0 Å². The highest BCUT2D eigenvalue weighted by Gasteiger charge is 2.24. The van der Waals surface area contributed by atoms with Gasteiger partial charge in [-0.05, 0) is 18.2 Å². The topological polar surface area (TPSA) is 48.3 Å². The Morgan fingerprint density at radius 3 is 2.59 bits per heavy atom. The Kier molecular flexibility index (Phi) is 3.31. The van der Waals surface area contributed by atoms with Crippen LogP contribution in [0.1, 0.15) is 19.3 Å². The van der Waals surface area contributed by atoms with Gasteiger partial charge in [0.05, 0.1) is 31.0 Å². The Labute approximate surface area is 178 Å². The van der Waals surface area contributed by atoms with Crippen molar-refractivity contribution in [3.05, 3.63) is 54.1 Å². The predicted molar refractivity (Wildman–Crippen MR) is 109 cm³/mol. The van der Waals surface area contributed by atoms with Crippen molar-refractivity contribution in [3.63, 3.8) is 0 Å².